The van der Waals surface area contributed by atoms with Gasteiger partial charge in [-0.05, 0) is 29.7 Å². The number of nitrogens with zero attached hydrogens (tertiary/aromatic N) is 2. The highest BCUT2D eigenvalue weighted by Crippen LogP contribution is 2.30. The zero-order valence-electron chi connectivity index (χ0n) is 11.1. The molecule has 0 amide bonds. The Labute approximate surface area is 108 Å². The Kier molecular flexibility index (Phi) is 3.63. The summed E-state index contributed by atoms with van der Waals surface area (Å²) in [5.74, 6) is 0.943. The van der Waals surface area contributed by atoms with Crippen LogP contribution in [0.3, 0.4) is 0 Å². The average Bonchev–Trinajstić information content (AvgIpc) is 2.38. The summed E-state index contributed by atoms with van der Waals surface area (Å²) < 4.78 is 0. The number of rotatable bonds is 3. The molecule has 0 aliphatic heterocycles. The molecular weight excluding hydrogens is 222 g/mol. The van der Waals surface area contributed by atoms with E-state index in [1.54, 1.807) is 0 Å². The van der Waals surface area contributed by atoms with Gasteiger partial charge in [0.05, 0.1) is 0 Å². The average molecular weight is 241 g/mol. The molecule has 0 unspecified atom stereocenters. The van der Waals surface area contributed by atoms with Gasteiger partial charge in [-0.2, -0.15) is 0 Å². The fourth-order valence-electron chi connectivity index (χ4n) is 2.20. The lowest BCUT2D eigenvalue weighted by atomic mass is 9.97. The van der Waals surface area contributed by atoms with Gasteiger partial charge in [0.1, 0.15) is 5.82 Å². The Hall–Kier alpha value is -1.87. The minimum absolute atomic E-state index is 0.491. The van der Waals surface area contributed by atoms with E-state index in [1.165, 1.54) is 16.7 Å². The summed E-state index contributed by atoms with van der Waals surface area (Å²) in [6.45, 7) is 2.61. The Morgan fingerprint density at radius 1 is 1.11 bits per heavy atom. The maximum Gasteiger partial charge on any atom is 0.133 e. The van der Waals surface area contributed by atoms with E-state index >= 15 is 0 Å². The van der Waals surface area contributed by atoms with E-state index in [0.29, 0.717) is 6.54 Å². The Morgan fingerprint density at radius 3 is 2.44 bits per heavy atom. The zero-order chi connectivity index (χ0) is 13.1. The molecule has 0 saturated heterocycles. The van der Waals surface area contributed by atoms with Gasteiger partial charge in [-0.3, -0.25) is 0 Å². The molecule has 0 aliphatic carbocycles. The maximum atomic E-state index is 5.91. The third-order valence-corrected chi connectivity index (χ3v) is 3.10. The highest BCUT2D eigenvalue weighted by atomic mass is 15.1. The van der Waals surface area contributed by atoms with Crippen molar-refractivity contribution in [3.63, 3.8) is 0 Å². The molecule has 1 heterocycles. The fraction of sp³-hybridized carbons (Fsp3) is 0.267. The van der Waals surface area contributed by atoms with Crippen molar-refractivity contribution in [1.29, 1.82) is 0 Å². The van der Waals surface area contributed by atoms with Crippen LogP contribution in [0.4, 0.5) is 5.82 Å². The van der Waals surface area contributed by atoms with Crippen LogP contribution < -0.4 is 10.6 Å². The van der Waals surface area contributed by atoms with Crippen molar-refractivity contribution < 1.29 is 0 Å². The summed E-state index contributed by atoms with van der Waals surface area (Å²) in [6, 6.07) is 10.4. The monoisotopic (exact) mass is 241 g/mol. The van der Waals surface area contributed by atoms with Crippen molar-refractivity contribution in [3.05, 3.63) is 47.7 Å². The van der Waals surface area contributed by atoms with E-state index < -0.39 is 0 Å². The Morgan fingerprint density at radius 2 is 1.83 bits per heavy atom. The molecule has 0 bridgehead atoms. The van der Waals surface area contributed by atoms with Crippen LogP contribution in [0.2, 0.25) is 0 Å². The molecule has 0 fully saturated rings. The van der Waals surface area contributed by atoms with Gasteiger partial charge in [0.15, 0.2) is 0 Å². The molecule has 94 valence electrons. The van der Waals surface area contributed by atoms with Gasteiger partial charge in [-0.15, -0.1) is 0 Å². The van der Waals surface area contributed by atoms with Crippen molar-refractivity contribution >= 4 is 5.82 Å². The largest absolute Gasteiger partial charge is 0.362 e. The minimum Gasteiger partial charge on any atom is -0.362 e. The zero-order valence-corrected chi connectivity index (χ0v) is 11.1. The highest BCUT2D eigenvalue weighted by molar-refractivity contribution is 5.74. The second kappa shape index (κ2) is 5.19. The fourth-order valence-corrected chi connectivity index (χ4v) is 2.20. The van der Waals surface area contributed by atoms with Gasteiger partial charge >= 0.3 is 0 Å². The van der Waals surface area contributed by atoms with E-state index in [9.17, 15) is 0 Å². The van der Waals surface area contributed by atoms with Crippen LogP contribution in [0.15, 0.2) is 36.5 Å². The lowest BCUT2D eigenvalue weighted by Gasteiger charge is -2.19. The van der Waals surface area contributed by atoms with E-state index in [4.69, 9.17) is 5.73 Å². The maximum absolute atomic E-state index is 5.91. The molecule has 2 aromatic rings. The van der Waals surface area contributed by atoms with Crippen molar-refractivity contribution in [2.45, 2.75) is 13.5 Å². The predicted octanol–water partition coefficient (Wildman–Crippen LogP) is 2.58. The second-order valence-electron chi connectivity index (χ2n) is 4.57. The lowest BCUT2D eigenvalue weighted by Crippen LogP contribution is -2.15. The summed E-state index contributed by atoms with van der Waals surface area (Å²) in [5, 5.41) is 0. The highest BCUT2D eigenvalue weighted by Gasteiger charge is 2.12. The molecule has 0 spiro atoms. The summed E-state index contributed by atoms with van der Waals surface area (Å²) in [6.07, 6.45) is 1.84. The predicted molar refractivity (Wildman–Crippen MR) is 76.6 cm³/mol. The summed E-state index contributed by atoms with van der Waals surface area (Å²) in [5.41, 5.74) is 10.7. The number of hydrogen-bond donors (Lipinski definition) is 1. The smallest absolute Gasteiger partial charge is 0.133 e. The summed E-state index contributed by atoms with van der Waals surface area (Å²) >= 11 is 0. The SMILES string of the molecule is Cc1ccccc1-c1ccnc(N(C)C)c1CN. The molecule has 2 rings (SSSR count). The van der Waals surface area contributed by atoms with Crippen LogP contribution in [0.5, 0.6) is 0 Å². The van der Waals surface area contributed by atoms with Gasteiger partial charge in [0.25, 0.3) is 0 Å². The van der Waals surface area contributed by atoms with Gasteiger partial charge in [-0.1, -0.05) is 24.3 Å². The topological polar surface area (TPSA) is 42.2 Å². The van der Waals surface area contributed by atoms with Gasteiger partial charge < -0.3 is 10.6 Å². The quantitative estimate of drug-likeness (QED) is 0.898. The van der Waals surface area contributed by atoms with Crippen molar-refractivity contribution in [2.24, 2.45) is 5.73 Å². The Balaban J connectivity index is 2.65. The number of anilines is 1. The number of pyridine rings is 1. The van der Waals surface area contributed by atoms with Gasteiger partial charge in [-0.25, -0.2) is 4.98 Å². The van der Waals surface area contributed by atoms with E-state index in [0.717, 1.165) is 11.4 Å². The lowest BCUT2D eigenvalue weighted by molar-refractivity contribution is 0.988. The molecule has 0 atom stereocenters. The van der Waals surface area contributed by atoms with Crippen LogP contribution in [-0.2, 0) is 6.54 Å². The third-order valence-electron chi connectivity index (χ3n) is 3.10. The van der Waals surface area contributed by atoms with Crippen molar-refractivity contribution in [3.8, 4) is 11.1 Å². The molecule has 3 heteroatoms. The van der Waals surface area contributed by atoms with Crippen LogP contribution in [0.25, 0.3) is 11.1 Å². The van der Waals surface area contributed by atoms with Crippen molar-refractivity contribution in [1.82, 2.24) is 4.98 Å². The third kappa shape index (κ3) is 2.22. The normalized spacial score (nSPS) is 10.4. The summed E-state index contributed by atoms with van der Waals surface area (Å²) in [7, 11) is 3.98. The van der Waals surface area contributed by atoms with Crippen LogP contribution in [-0.4, -0.2) is 19.1 Å². The molecule has 1 aromatic heterocycles. The number of aryl methyl sites for hydroxylation is 1. The molecule has 0 radical (unpaired) electrons. The first-order valence-electron chi connectivity index (χ1n) is 6.06. The molecule has 0 saturated carbocycles. The first kappa shape index (κ1) is 12.6. The van der Waals surface area contributed by atoms with E-state index in [2.05, 4.69) is 36.2 Å². The van der Waals surface area contributed by atoms with Gasteiger partial charge in [0.2, 0.25) is 0 Å². The van der Waals surface area contributed by atoms with E-state index in [-0.39, 0.29) is 0 Å². The number of benzene rings is 1. The summed E-state index contributed by atoms with van der Waals surface area (Å²) in [4.78, 5) is 6.41. The first-order chi connectivity index (χ1) is 8.65. The molecule has 1 aromatic carbocycles. The standard InChI is InChI=1S/C15H19N3/c1-11-6-4-5-7-12(11)13-8-9-17-15(18(2)3)14(13)10-16/h4-9H,10,16H2,1-3H3. The molecule has 2 N–H and O–H groups in total. The second-order valence-corrected chi connectivity index (χ2v) is 4.57. The molecule has 3 nitrogen and oxygen atoms in total. The van der Waals surface area contributed by atoms with E-state index in [1.807, 2.05) is 31.3 Å². The molecular formula is C15H19N3. The van der Waals surface area contributed by atoms with Crippen LogP contribution >= 0.6 is 0 Å². The van der Waals surface area contributed by atoms with Crippen LogP contribution in [0, 0.1) is 6.92 Å². The number of nitrogens with two attached hydrogens (primary N) is 1. The Bertz CT molecular complexity index is 547. The molecule has 18 heavy (non-hydrogen) atoms. The molecule has 0 aliphatic rings. The van der Waals surface area contributed by atoms with Gasteiger partial charge in [0, 0.05) is 32.4 Å². The number of hydrogen-bond acceptors (Lipinski definition) is 3. The van der Waals surface area contributed by atoms with Crippen molar-refractivity contribution in [2.75, 3.05) is 19.0 Å². The number of aromatic nitrogens is 1. The van der Waals surface area contributed by atoms with Crippen LogP contribution in [0.1, 0.15) is 11.1 Å². The minimum atomic E-state index is 0.491. The first-order valence-corrected chi connectivity index (χ1v) is 6.06.